The molecule has 2 amide bonds. The number of amides is 2. The SMILES string of the molecule is CN1N=C(C(C)(C)C)[C@@H](C(c2ccc(C#N)cc2)[C@H]2C(=O)N(C)N=C2C(C)(C)C)C1=O. The molecule has 0 aliphatic carbocycles. The number of nitrogens with zero attached hydrogens (tertiary/aromatic N) is 5. The first kappa shape index (κ1) is 22.7. The van der Waals surface area contributed by atoms with Gasteiger partial charge in [-0.15, -0.1) is 0 Å². The van der Waals surface area contributed by atoms with Crippen molar-refractivity contribution in [3.05, 3.63) is 35.4 Å². The summed E-state index contributed by atoms with van der Waals surface area (Å²) < 4.78 is 0. The van der Waals surface area contributed by atoms with Crippen LogP contribution in [0.1, 0.15) is 58.6 Å². The molecular formula is C24H31N5O2. The second-order valence-corrected chi connectivity index (χ2v) is 10.4. The fourth-order valence-corrected chi connectivity index (χ4v) is 4.42. The van der Waals surface area contributed by atoms with Gasteiger partial charge in [-0.05, 0) is 17.7 Å². The molecule has 0 spiro atoms. The molecule has 0 unspecified atom stereocenters. The summed E-state index contributed by atoms with van der Waals surface area (Å²) in [4.78, 5) is 26.8. The molecule has 1 aromatic carbocycles. The van der Waals surface area contributed by atoms with E-state index in [1.165, 1.54) is 10.0 Å². The van der Waals surface area contributed by atoms with E-state index in [1.54, 1.807) is 26.2 Å². The molecule has 0 saturated carbocycles. The average Bonchev–Trinajstić information content (AvgIpc) is 3.14. The molecule has 2 atom stereocenters. The number of benzene rings is 1. The van der Waals surface area contributed by atoms with Crippen molar-refractivity contribution in [1.82, 2.24) is 10.0 Å². The second kappa shape index (κ2) is 7.60. The molecule has 2 aliphatic heterocycles. The fraction of sp³-hybridized carbons (Fsp3) is 0.542. The third kappa shape index (κ3) is 3.99. The fourth-order valence-electron chi connectivity index (χ4n) is 4.42. The Morgan fingerprint density at radius 2 is 1.23 bits per heavy atom. The number of hydrogen-bond acceptors (Lipinski definition) is 5. The van der Waals surface area contributed by atoms with Crippen LogP contribution in [0.5, 0.6) is 0 Å². The van der Waals surface area contributed by atoms with Crippen LogP contribution in [0.4, 0.5) is 0 Å². The Morgan fingerprint density at radius 3 is 1.55 bits per heavy atom. The molecule has 31 heavy (non-hydrogen) atoms. The summed E-state index contributed by atoms with van der Waals surface area (Å²) in [7, 11) is 3.32. The lowest BCUT2D eigenvalue weighted by molar-refractivity contribution is -0.133. The Labute approximate surface area is 184 Å². The molecule has 3 rings (SSSR count). The van der Waals surface area contributed by atoms with Crippen molar-refractivity contribution >= 4 is 23.2 Å². The van der Waals surface area contributed by atoms with Gasteiger partial charge in [0.1, 0.15) is 0 Å². The Hall–Kier alpha value is -3.01. The number of nitriles is 1. The predicted molar refractivity (Wildman–Crippen MR) is 120 cm³/mol. The average molecular weight is 422 g/mol. The molecule has 7 nitrogen and oxygen atoms in total. The van der Waals surface area contributed by atoms with E-state index in [1.807, 2.05) is 53.7 Å². The Bertz CT molecular complexity index is 948. The number of hydrogen-bond donors (Lipinski definition) is 0. The first-order chi connectivity index (χ1) is 14.3. The van der Waals surface area contributed by atoms with Crippen LogP contribution in [-0.2, 0) is 9.59 Å². The van der Waals surface area contributed by atoms with E-state index in [0.717, 1.165) is 17.0 Å². The van der Waals surface area contributed by atoms with E-state index >= 15 is 0 Å². The molecule has 0 N–H and O–H groups in total. The highest BCUT2D eigenvalue weighted by molar-refractivity contribution is 6.15. The van der Waals surface area contributed by atoms with Crippen molar-refractivity contribution in [3.8, 4) is 6.07 Å². The molecule has 7 heteroatoms. The highest BCUT2D eigenvalue weighted by Crippen LogP contribution is 2.46. The van der Waals surface area contributed by atoms with E-state index in [9.17, 15) is 14.9 Å². The zero-order chi connectivity index (χ0) is 23.3. The smallest absolute Gasteiger partial charge is 0.251 e. The highest BCUT2D eigenvalue weighted by Gasteiger charge is 2.53. The zero-order valence-electron chi connectivity index (χ0n) is 19.6. The molecule has 2 aliphatic rings. The normalized spacial score (nSPS) is 22.2. The van der Waals surface area contributed by atoms with Gasteiger partial charge in [-0.3, -0.25) is 9.59 Å². The van der Waals surface area contributed by atoms with Crippen LogP contribution < -0.4 is 0 Å². The summed E-state index contributed by atoms with van der Waals surface area (Å²) in [6.07, 6.45) is 0. The summed E-state index contributed by atoms with van der Waals surface area (Å²) in [5, 5.41) is 21.2. The largest absolute Gasteiger partial charge is 0.272 e. The van der Waals surface area contributed by atoms with E-state index < -0.39 is 17.8 Å². The van der Waals surface area contributed by atoms with Gasteiger partial charge in [0.15, 0.2) is 0 Å². The first-order valence-corrected chi connectivity index (χ1v) is 10.5. The van der Waals surface area contributed by atoms with Gasteiger partial charge < -0.3 is 0 Å². The molecule has 164 valence electrons. The van der Waals surface area contributed by atoms with E-state index in [-0.39, 0.29) is 22.6 Å². The molecular weight excluding hydrogens is 390 g/mol. The Kier molecular flexibility index (Phi) is 5.56. The summed E-state index contributed by atoms with van der Waals surface area (Å²) in [5.74, 6) is -1.92. The third-order valence-electron chi connectivity index (χ3n) is 5.95. The third-order valence-corrected chi connectivity index (χ3v) is 5.95. The number of rotatable bonds is 3. The van der Waals surface area contributed by atoms with Crippen LogP contribution in [-0.4, -0.2) is 47.4 Å². The Balaban J connectivity index is 2.24. The molecule has 0 radical (unpaired) electrons. The minimum atomic E-state index is -0.592. The van der Waals surface area contributed by atoms with Gasteiger partial charge in [0, 0.05) is 30.8 Å². The highest BCUT2D eigenvalue weighted by atomic mass is 16.2. The number of carbonyl (C=O) groups is 2. The molecule has 0 bridgehead atoms. The van der Waals surface area contributed by atoms with Crippen LogP contribution in [0.2, 0.25) is 0 Å². The number of hydrazone groups is 2. The lowest BCUT2D eigenvalue weighted by Gasteiger charge is -2.34. The minimum Gasteiger partial charge on any atom is -0.272 e. The molecule has 1 aromatic rings. The van der Waals surface area contributed by atoms with E-state index in [2.05, 4.69) is 16.3 Å². The quantitative estimate of drug-likeness (QED) is 0.746. The predicted octanol–water partition coefficient (Wildman–Crippen LogP) is 3.62. The lowest BCUT2D eigenvalue weighted by Crippen LogP contribution is -2.44. The van der Waals surface area contributed by atoms with Crippen molar-refractivity contribution in [3.63, 3.8) is 0 Å². The van der Waals surface area contributed by atoms with E-state index in [4.69, 9.17) is 0 Å². The topological polar surface area (TPSA) is 89.1 Å². The van der Waals surface area contributed by atoms with Crippen molar-refractivity contribution in [2.45, 2.75) is 47.5 Å². The standard InChI is InChI=1S/C24H31N5O2/c1-23(2,3)19-17(21(30)28(7)26-19)16(15-11-9-14(13-25)10-12-15)18-20(24(4,5)6)27-29(8)22(18)31/h9-12,16-18H,1-8H3/t17-,18-/m1/s1. The Morgan fingerprint density at radius 1 is 0.839 bits per heavy atom. The maximum atomic E-state index is 13.4. The van der Waals surface area contributed by atoms with Gasteiger partial charge in [-0.2, -0.15) is 15.5 Å². The summed E-state index contributed by atoms with van der Waals surface area (Å²) >= 11 is 0. The van der Waals surface area contributed by atoms with Crippen molar-refractivity contribution in [2.75, 3.05) is 14.1 Å². The van der Waals surface area contributed by atoms with E-state index in [0.29, 0.717) is 5.56 Å². The summed E-state index contributed by atoms with van der Waals surface area (Å²) in [6, 6.07) is 9.29. The van der Waals surface area contributed by atoms with Gasteiger partial charge >= 0.3 is 0 Å². The van der Waals surface area contributed by atoms with Gasteiger partial charge in [-0.1, -0.05) is 53.7 Å². The molecule has 0 fully saturated rings. The maximum absolute atomic E-state index is 13.4. The van der Waals surface area contributed by atoms with Crippen LogP contribution in [0, 0.1) is 34.0 Å². The second-order valence-electron chi connectivity index (χ2n) is 10.4. The van der Waals surface area contributed by atoms with Gasteiger partial charge in [-0.25, -0.2) is 10.0 Å². The van der Waals surface area contributed by atoms with Crippen LogP contribution in [0.15, 0.2) is 34.5 Å². The minimum absolute atomic E-state index is 0.130. The van der Waals surface area contributed by atoms with Crippen molar-refractivity contribution < 1.29 is 9.59 Å². The monoisotopic (exact) mass is 421 g/mol. The van der Waals surface area contributed by atoms with Crippen LogP contribution in [0.3, 0.4) is 0 Å². The van der Waals surface area contributed by atoms with Crippen molar-refractivity contribution in [1.29, 1.82) is 5.26 Å². The van der Waals surface area contributed by atoms with Gasteiger partial charge in [0.25, 0.3) is 11.8 Å². The first-order valence-electron chi connectivity index (χ1n) is 10.5. The summed E-state index contributed by atoms with van der Waals surface area (Å²) in [6.45, 7) is 12.2. The number of carbonyl (C=O) groups excluding carboxylic acids is 2. The van der Waals surface area contributed by atoms with Gasteiger partial charge in [0.05, 0.1) is 34.9 Å². The molecule has 0 aromatic heterocycles. The van der Waals surface area contributed by atoms with Crippen LogP contribution in [0.25, 0.3) is 0 Å². The van der Waals surface area contributed by atoms with Gasteiger partial charge in [0.2, 0.25) is 0 Å². The molecule has 0 saturated heterocycles. The summed E-state index contributed by atoms with van der Waals surface area (Å²) in [5.41, 5.74) is 2.15. The van der Waals surface area contributed by atoms with Crippen LogP contribution >= 0.6 is 0 Å². The van der Waals surface area contributed by atoms with Crippen molar-refractivity contribution in [2.24, 2.45) is 32.9 Å². The lowest BCUT2D eigenvalue weighted by atomic mass is 9.65. The maximum Gasteiger partial charge on any atom is 0.251 e. The molecule has 2 heterocycles. The zero-order valence-corrected chi connectivity index (χ0v) is 19.6.